The fourth-order valence-corrected chi connectivity index (χ4v) is 3.39. The molecule has 0 radical (unpaired) electrons. The molecule has 2 aliphatic rings. The molecule has 4 rings (SSSR count). The van der Waals surface area contributed by atoms with Gasteiger partial charge >= 0.3 is 13.2 Å². The second-order valence-electron chi connectivity index (χ2n) is 8.17. The minimum Gasteiger partial charge on any atom is -0.442 e. The Labute approximate surface area is 173 Å². The zero-order valence-corrected chi connectivity index (χ0v) is 17.3. The minimum absolute atomic E-state index is 0.256. The third-order valence-electron chi connectivity index (χ3n) is 5.58. The minimum atomic E-state index is -0.815. The van der Waals surface area contributed by atoms with E-state index < -0.39 is 36.3 Å². The predicted octanol–water partition coefficient (Wildman–Crippen LogP) is 2.40. The molecule has 29 heavy (non-hydrogen) atoms. The summed E-state index contributed by atoms with van der Waals surface area (Å²) in [5.41, 5.74) is -0.460. The Morgan fingerprint density at radius 2 is 1.97 bits per heavy atom. The summed E-state index contributed by atoms with van der Waals surface area (Å²) in [7, 11) is -0.815. The number of hydrogen-bond acceptors (Lipinski definition) is 6. The van der Waals surface area contributed by atoms with Gasteiger partial charge in [0.05, 0.1) is 36.2 Å². The van der Waals surface area contributed by atoms with Crippen molar-refractivity contribution in [3.05, 3.63) is 35.4 Å². The van der Waals surface area contributed by atoms with Gasteiger partial charge in [0.25, 0.3) is 0 Å². The Morgan fingerprint density at radius 1 is 1.28 bits per heavy atom. The fourth-order valence-electron chi connectivity index (χ4n) is 3.25. The van der Waals surface area contributed by atoms with Crippen molar-refractivity contribution in [1.82, 2.24) is 15.0 Å². The van der Waals surface area contributed by atoms with Crippen LogP contribution in [0.1, 0.15) is 27.7 Å². The number of carbonyl (C=O) groups excluding carboxylic acids is 1. The number of anilines is 1. The molecule has 3 heterocycles. The lowest BCUT2D eigenvalue weighted by Crippen LogP contribution is -2.41. The Hall–Kier alpha value is -2.17. The van der Waals surface area contributed by atoms with Crippen LogP contribution in [-0.4, -0.2) is 52.1 Å². The maximum absolute atomic E-state index is 14.9. The first-order valence-corrected chi connectivity index (χ1v) is 9.62. The Morgan fingerprint density at radius 3 is 2.55 bits per heavy atom. The summed E-state index contributed by atoms with van der Waals surface area (Å²) in [6.45, 7) is 8.18. The highest BCUT2D eigenvalue weighted by Gasteiger charge is 2.52. The van der Waals surface area contributed by atoms with Crippen LogP contribution in [0.4, 0.5) is 14.9 Å². The number of aromatic nitrogens is 3. The van der Waals surface area contributed by atoms with Gasteiger partial charge in [-0.2, -0.15) is 0 Å². The van der Waals surface area contributed by atoms with E-state index in [2.05, 4.69) is 10.3 Å². The maximum atomic E-state index is 14.9. The van der Waals surface area contributed by atoms with Crippen LogP contribution in [-0.2, 0) is 20.6 Å². The van der Waals surface area contributed by atoms with Crippen molar-refractivity contribution < 1.29 is 23.2 Å². The van der Waals surface area contributed by atoms with E-state index in [1.54, 1.807) is 12.1 Å². The predicted molar refractivity (Wildman–Crippen MR) is 105 cm³/mol. The molecule has 1 amide bonds. The van der Waals surface area contributed by atoms with Crippen molar-refractivity contribution in [1.29, 1.82) is 0 Å². The molecule has 2 saturated heterocycles. The summed E-state index contributed by atoms with van der Waals surface area (Å²) in [5, 5.41) is 7.77. The molecule has 0 unspecified atom stereocenters. The fraction of sp³-hybridized carbons (Fsp3) is 0.500. The van der Waals surface area contributed by atoms with Gasteiger partial charge in [0.1, 0.15) is 11.9 Å². The van der Waals surface area contributed by atoms with E-state index in [9.17, 15) is 9.18 Å². The van der Waals surface area contributed by atoms with E-state index in [0.717, 1.165) is 0 Å². The number of hydrogen-bond donors (Lipinski definition) is 0. The largest absolute Gasteiger partial charge is 0.497 e. The molecule has 8 nitrogen and oxygen atoms in total. The number of halogens is 2. The van der Waals surface area contributed by atoms with E-state index in [4.69, 9.17) is 25.6 Å². The van der Waals surface area contributed by atoms with Gasteiger partial charge in [-0.3, -0.25) is 4.90 Å². The molecule has 1 aromatic heterocycles. The van der Waals surface area contributed by atoms with E-state index in [1.165, 1.54) is 21.8 Å². The number of ether oxygens (including phenoxy) is 1. The van der Waals surface area contributed by atoms with Gasteiger partial charge in [-0.1, -0.05) is 22.9 Å². The monoisotopic (exact) mass is 422 g/mol. The molecule has 2 aliphatic heterocycles. The molecule has 11 heteroatoms. The van der Waals surface area contributed by atoms with Gasteiger partial charge in [0, 0.05) is 5.46 Å². The Kier molecular flexibility index (Phi) is 4.83. The van der Waals surface area contributed by atoms with Gasteiger partial charge < -0.3 is 14.0 Å². The standard InChI is InChI=1S/C18H21BClFN4O4/c1-17(2)18(3,4)29-19(28-17)13-6-5-11(7-14(13)21)25-9-12(27-16(25)26)8-24-10-15(20)22-23-24/h5-7,10,12H,8-9H2,1-4H3/t12-/m0/s1. The average molecular weight is 423 g/mol. The normalized spacial score (nSPS) is 23.0. The summed E-state index contributed by atoms with van der Waals surface area (Å²) >= 11 is 5.75. The lowest BCUT2D eigenvalue weighted by molar-refractivity contribution is 0.00578. The molecule has 0 aliphatic carbocycles. The van der Waals surface area contributed by atoms with E-state index >= 15 is 0 Å². The highest BCUT2D eigenvalue weighted by Crippen LogP contribution is 2.37. The molecule has 0 N–H and O–H groups in total. The topological polar surface area (TPSA) is 78.7 Å². The molecule has 0 bridgehead atoms. The molecular weight excluding hydrogens is 401 g/mol. The average Bonchev–Trinajstić information content (AvgIpc) is 3.24. The van der Waals surface area contributed by atoms with Gasteiger partial charge in [0.15, 0.2) is 5.15 Å². The quantitative estimate of drug-likeness (QED) is 0.704. The van der Waals surface area contributed by atoms with Crippen LogP contribution in [0.2, 0.25) is 5.15 Å². The third-order valence-corrected chi connectivity index (χ3v) is 5.75. The van der Waals surface area contributed by atoms with Crippen molar-refractivity contribution in [2.45, 2.75) is 51.5 Å². The summed E-state index contributed by atoms with van der Waals surface area (Å²) in [6, 6.07) is 4.51. The lowest BCUT2D eigenvalue weighted by Gasteiger charge is -2.32. The molecule has 1 atom stereocenters. The summed E-state index contributed by atoms with van der Waals surface area (Å²) in [6.07, 6.45) is 0.534. The van der Waals surface area contributed by atoms with Crippen molar-refractivity contribution in [3.8, 4) is 0 Å². The Bertz CT molecular complexity index is 938. The molecule has 0 saturated carbocycles. The number of amides is 1. The maximum Gasteiger partial charge on any atom is 0.497 e. The first kappa shape index (κ1) is 20.1. The van der Waals surface area contributed by atoms with Crippen LogP contribution in [0.15, 0.2) is 24.4 Å². The van der Waals surface area contributed by atoms with Gasteiger partial charge in [-0.05, 0) is 39.8 Å². The molecular formula is C18H21BClFN4O4. The zero-order valence-electron chi connectivity index (χ0n) is 16.6. The molecule has 154 valence electrons. The third kappa shape index (κ3) is 3.72. The second-order valence-corrected chi connectivity index (χ2v) is 8.56. The van der Waals surface area contributed by atoms with Gasteiger partial charge in [0.2, 0.25) is 0 Å². The molecule has 0 spiro atoms. The van der Waals surface area contributed by atoms with Gasteiger partial charge in [-0.25, -0.2) is 13.9 Å². The second kappa shape index (κ2) is 6.96. The summed E-state index contributed by atoms with van der Waals surface area (Å²) in [4.78, 5) is 13.6. The van der Waals surface area contributed by atoms with E-state index in [1.807, 2.05) is 27.7 Å². The summed E-state index contributed by atoms with van der Waals surface area (Å²) < 4.78 is 33.5. The number of rotatable bonds is 4. The number of benzene rings is 1. The van der Waals surface area contributed by atoms with Crippen LogP contribution >= 0.6 is 11.6 Å². The molecule has 2 fully saturated rings. The van der Waals surface area contributed by atoms with Crippen molar-refractivity contribution in [2.75, 3.05) is 11.4 Å². The zero-order chi connectivity index (χ0) is 21.0. The smallest absolute Gasteiger partial charge is 0.442 e. The SMILES string of the molecule is CC1(C)OB(c2ccc(N3C[C@H](Cn4cc(Cl)nn4)OC3=O)cc2F)OC1(C)C. The number of nitrogens with zero attached hydrogens (tertiary/aromatic N) is 4. The highest BCUT2D eigenvalue weighted by atomic mass is 35.5. The van der Waals surface area contributed by atoms with Gasteiger partial charge in [-0.15, -0.1) is 5.10 Å². The van der Waals surface area contributed by atoms with Crippen molar-refractivity contribution in [2.24, 2.45) is 0 Å². The van der Waals surface area contributed by atoms with Crippen molar-refractivity contribution in [3.63, 3.8) is 0 Å². The van der Waals surface area contributed by atoms with Crippen LogP contribution < -0.4 is 10.4 Å². The molecule has 2 aromatic rings. The van der Waals surface area contributed by atoms with E-state index in [-0.39, 0.29) is 17.2 Å². The first-order chi connectivity index (χ1) is 13.6. The number of carbonyl (C=O) groups is 1. The number of cyclic esters (lactones) is 1. The van der Waals surface area contributed by atoms with E-state index in [0.29, 0.717) is 12.2 Å². The Balaban J connectivity index is 1.49. The van der Waals surface area contributed by atoms with Crippen molar-refractivity contribution >= 4 is 36.0 Å². The summed E-state index contributed by atoms with van der Waals surface area (Å²) in [5.74, 6) is -0.514. The van der Waals surface area contributed by atoms with Crippen LogP contribution in [0, 0.1) is 5.82 Å². The van der Waals surface area contributed by atoms with Crippen LogP contribution in [0.3, 0.4) is 0 Å². The van der Waals surface area contributed by atoms with Crippen LogP contribution in [0.5, 0.6) is 0 Å². The highest BCUT2D eigenvalue weighted by molar-refractivity contribution is 6.62. The first-order valence-electron chi connectivity index (χ1n) is 9.24. The van der Waals surface area contributed by atoms with Crippen LogP contribution in [0.25, 0.3) is 0 Å². The molecule has 1 aromatic carbocycles. The lowest BCUT2D eigenvalue weighted by atomic mass is 9.78.